The maximum absolute atomic E-state index is 12.5. The van der Waals surface area contributed by atoms with Crippen molar-refractivity contribution in [2.24, 2.45) is 0 Å². The summed E-state index contributed by atoms with van der Waals surface area (Å²) < 4.78 is 5.79. The molecule has 2 aromatic carbocycles. The number of carbonyl (C=O) groups excluding carboxylic acids is 1. The van der Waals surface area contributed by atoms with Crippen LogP contribution in [0.2, 0.25) is 5.02 Å². The first-order valence-corrected chi connectivity index (χ1v) is 8.88. The molecule has 0 spiro atoms. The molecule has 1 aliphatic heterocycles. The SMILES string of the molecule is O=C(O)c1ccc(CCC(=O)N2CCOC(c3ccc(Cl)cc3)C2)cc1. The molecular formula is C20H20ClNO4. The Morgan fingerprint density at radius 2 is 1.81 bits per heavy atom. The van der Waals surface area contributed by atoms with E-state index in [0.29, 0.717) is 37.6 Å². The fourth-order valence-electron chi connectivity index (χ4n) is 2.98. The van der Waals surface area contributed by atoms with Gasteiger partial charge in [-0.3, -0.25) is 4.79 Å². The number of hydrogen-bond acceptors (Lipinski definition) is 3. The van der Waals surface area contributed by atoms with Crippen LogP contribution in [0.3, 0.4) is 0 Å². The number of morpholine rings is 1. The first kappa shape index (κ1) is 18.4. The molecule has 1 heterocycles. The van der Waals surface area contributed by atoms with Crippen LogP contribution >= 0.6 is 11.6 Å². The standard InChI is InChI=1S/C20H20ClNO4/c21-17-8-6-15(7-9-17)18-13-22(11-12-26-18)19(23)10-3-14-1-4-16(5-2-14)20(24)25/h1-2,4-9,18H,3,10-13H2,(H,24,25). The summed E-state index contributed by atoms with van der Waals surface area (Å²) in [6.45, 7) is 1.62. The van der Waals surface area contributed by atoms with Crippen LogP contribution < -0.4 is 0 Å². The molecule has 1 aliphatic rings. The van der Waals surface area contributed by atoms with Gasteiger partial charge in [0.1, 0.15) is 6.10 Å². The number of carbonyl (C=O) groups is 2. The predicted octanol–water partition coefficient (Wildman–Crippen LogP) is 3.57. The van der Waals surface area contributed by atoms with Crippen LogP contribution in [0.25, 0.3) is 0 Å². The number of halogens is 1. The van der Waals surface area contributed by atoms with Gasteiger partial charge in [0.15, 0.2) is 0 Å². The molecular weight excluding hydrogens is 354 g/mol. The minimum absolute atomic E-state index is 0.0783. The van der Waals surface area contributed by atoms with Gasteiger partial charge in [-0.2, -0.15) is 0 Å². The van der Waals surface area contributed by atoms with Crippen molar-refractivity contribution in [1.29, 1.82) is 0 Å². The maximum atomic E-state index is 12.5. The third kappa shape index (κ3) is 4.62. The zero-order valence-electron chi connectivity index (χ0n) is 14.2. The molecule has 0 aromatic heterocycles. The number of aromatic carboxylic acids is 1. The lowest BCUT2D eigenvalue weighted by molar-refractivity contribution is -0.139. The van der Waals surface area contributed by atoms with Crippen LogP contribution in [0.15, 0.2) is 48.5 Å². The summed E-state index contributed by atoms with van der Waals surface area (Å²) >= 11 is 5.92. The van der Waals surface area contributed by atoms with Gasteiger partial charge in [-0.05, 0) is 41.8 Å². The third-order valence-electron chi connectivity index (χ3n) is 4.49. The summed E-state index contributed by atoms with van der Waals surface area (Å²) in [5.41, 5.74) is 2.21. The minimum atomic E-state index is -0.950. The Bertz CT molecular complexity index is 773. The van der Waals surface area contributed by atoms with Crippen LogP contribution in [-0.4, -0.2) is 41.6 Å². The lowest BCUT2D eigenvalue weighted by Crippen LogP contribution is -2.42. The molecule has 136 valence electrons. The van der Waals surface area contributed by atoms with E-state index in [2.05, 4.69) is 0 Å². The topological polar surface area (TPSA) is 66.8 Å². The number of amides is 1. The van der Waals surface area contributed by atoms with Crippen LogP contribution in [-0.2, 0) is 16.0 Å². The van der Waals surface area contributed by atoms with Gasteiger partial charge in [-0.15, -0.1) is 0 Å². The van der Waals surface area contributed by atoms with E-state index in [1.165, 1.54) is 0 Å². The number of ether oxygens (including phenoxy) is 1. The molecule has 1 amide bonds. The Morgan fingerprint density at radius 1 is 1.12 bits per heavy atom. The monoisotopic (exact) mass is 373 g/mol. The molecule has 0 bridgehead atoms. The van der Waals surface area contributed by atoms with Gasteiger partial charge in [-0.25, -0.2) is 4.79 Å². The first-order chi connectivity index (χ1) is 12.5. The molecule has 0 radical (unpaired) electrons. The molecule has 1 unspecified atom stereocenters. The summed E-state index contributed by atoms with van der Waals surface area (Å²) in [5.74, 6) is -0.872. The fourth-order valence-corrected chi connectivity index (χ4v) is 3.10. The summed E-state index contributed by atoms with van der Waals surface area (Å²) in [6, 6.07) is 14.1. The number of nitrogens with zero attached hydrogens (tertiary/aromatic N) is 1. The molecule has 3 rings (SSSR count). The average molecular weight is 374 g/mol. The van der Waals surface area contributed by atoms with Crippen molar-refractivity contribution in [3.8, 4) is 0 Å². The summed E-state index contributed by atoms with van der Waals surface area (Å²) in [4.78, 5) is 25.2. The van der Waals surface area contributed by atoms with Crippen LogP contribution in [0.4, 0.5) is 0 Å². The van der Waals surface area contributed by atoms with Gasteiger partial charge < -0.3 is 14.7 Å². The van der Waals surface area contributed by atoms with Gasteiger partial charge in [0.25, 0.3) is 0 Å². The number of aryl methyl sites for hydroxylation is 1. The highest BCUT2D eigenvalue weighted by atomic mass is 35.5. The highest BCUT2D eigenvalue weighted by molar-refractivity contribution is 6.30. The van der Waals surface area contributed by atoms with Crippen LogP contribution in [0, 0.1) is 0 Å². The van der Waals surface area contributed by atoms with Crippen molar-refractivity contribution >= 4 is 23.5 Å². The summed E-state index contributed by atoms with van der Waals surface area (Å²) in [6.07, 6.45) is 0.835. The molecule has 1 N–H and O–H groups in total. The van der Waals surface area contributed by atoms with Gasteiger partial charge in [-0.1, -0.05) is 35.9 Å². The van der Waals surface area contributed by atoms with Gasteiger partial charge >= 0.3 is 5.97 Å². The average Bonchev–Trinajstić information content (AvgIpc) is 2.67. The predicted molar refractivity (Wildman–Crippen MR) is 98.4 cm³/mol. The molecule has 26 heavy (non-hydrogen) atoms. The normalized spacial score (nSPS) is 17.1. The minimum Gasteiger partial charge on any atom is -0.478 e. The second-order valence-corrected chi connectivity index (χ2v) is 6.69. The van der Waals surface area contributed by atoms with E-state index in [1.54, 1.807) is 24.3 Å². The third-order valence-corrected chi connectivity index (χ3v) is 4.74. The lowest BCUT2D eigenvalue weighted by Gasteiger charge is -2.33. The number of benzene rings is 2. The van der Waals surface area contributed by atoms with Crippen molar-refractivity contribution < 1.29 is 19.4 Å². The van der Waals surface area contributed by atoms with E-state index in [1.807, 2.05) is 29.2 Å². The zero-order chi connectivity index (χ0) is 18.5. The van der Waals surface area contributed by atoms with Crippen molar-refractivity contribution in [2.75, 3.05) is 19.7 Å². The van der Waals surface area contributed by atoms with E-state index < -0.39 is 5.97 Å². The Balaban J connectivity index is 1.55. The molecule has 5 nitrogen and oxygen atoms in total. The quantitative estimate of drug-likeness (QED) is 0.870. The highest BCUT2D eigenvalue weighted by Crippen LogP contribution is 2.24. The Kier molecular flexibility index (Phi) is 5.91. The number of carboxylic acids is 1. The second kappa shape index (κ2) is 8.34. The molecule has 2 aromatic rings. The molecule has 0 aliphatic carbocycles. The highest BCUT2D eigenvalue weighted by Gasteiger charge is 2.25. The van der Waals surface area contributed by atoms with Gasteiger partial charge in [0, 0.05) is 18.0 Å². The maximum Gasteiger partial charge on any atom is 0.335 e. The zero-order valence-corrected chi connectivity index (χ0v) is 15.0. The van der Waals surface area contributed by atoms with E-state index in [-0.39, 0.29) is 17.6 Å². The summed E-state index contributed by atoms with van der Waals surface area (Å²) in [5, 5.41) is 9.59. The number of rotatable bonds is 5. The molecule has 1 saturated heterocycles. The number of hydrogen-bond donors (Lipinski definition) is 1. The molecule has 6 heteroatoms. The van der Waals surface area contributed by atoms with Crippen molar-refractivity contribution in [3.05, 3.63) is 70.2 Å². The van der Waals surface area contributed by atoms with E-state index >= 15 is 0 Å². The van der Waals surface area contributed by atoms with Crippen molar-refractivity contribution in [2.45, 2.75) is 18.9 Å². The Hall–Kier alpha value is -2.37. The smallest absolute Gasteiger partial charge is 0.335 e. The first-order valence-electron chi connectivity index (χ1n) is 8.50. The van der Waals surface area contributed by atoms with E-state index in [4.69, 9.17) is 21.4 Å². The molecule has 1 atom stereocenters. The number of carboxylic acid groups (broad SMARTS) is 1. The second-order valence-electron chi connectivity index (χ2n) is 6.25. The van der Waals surface area contributed by atoms with E-state index in [9.17, 15) is 9.59 Å². The molecule has 0 saturated carbocycles. The Morgan fingerprint density at radius 3 is 2.46 bits per heavy atom. The van der Waals surface area contributed by atoms with Crippen LogP contribution in [0.1, 0.15) is 34.0 Å². The largest absolute Gasteiger partial charge is 0.478 e. The lowest BCUT2D eigenvalue weighted by atomic mass is 10.1. The molecule has 1 fully saturated rings. The van der Waals surface area contributed by atoms with Crippen LogP contribution in [0.5, 0.6) is 0 Å². The van der Waals surface area contributed by atoms with Gasteiger partial charge in [0.2, 0.25) is 5.91 Å². The van der Waals surface area contributed by atoms with Crippen molar-refractivity contribution in [1.82, 2.24) is 4.90 Å². The van der Waals surface area contributed by atoms with E-state index in [0.717, 1.165) is 11.1 Å². The Labute approximate surface area is 157 Å². The fraction of sp³-hybridized carbons (Fsp3) is 0.300. The van der Waals surface area contributed by atoms with Gasteiger partial charge in [0.05, 0.1) is 18.7 Å². The van der Waals surface area contributed by atoms with Crippen molar-refractivity contribution in [3.63, 3.8) is 0 Å². The summed E-state index contributed by atoms with van der Waals surface area (Å²) in [7, 11) is 0.